The van der Waals surface area contributed by atoms with Crippen molar-refractivity contribution in [3.8, 4) is 12.1 Å². The summed E-state index contributed by atoms with van der Waals surface area (Å²) in [6.45, 7) is 5.28. The predicted octanol–water partition coefficient (Wildman–Crippen LogP) is 2.11. The topological polar surface area (TPSA) is 106 Å². The number of hydrogen-bond donors (Lipinski definition) is 2. The highest BCUT2D eigenvalue weighted by Gasteiger charge is 2.21. The molecule has 6 nitrogen and oxygen atoms in total. The van der Waals surface area contributed by atoms with Crippen LogP contribution in [0.15, 0.2) is 40.9 Å². The van der Waals surface area contributed by atoms with E-state index in [-0.39, 0.29) is 10.5 Å². The van der Waals surface area contributed by atoms with Gasteiger partial charge in [-0.15, -0.1) is 0 Å². The van der Waals surface area contributed by atoms with E-state index in [1.807, 2.05) is 0 Å². The molecule has 0 aliphatic carbocycles. The lowest BCUT2D eigenvalue weighted by molar-refractivity contribution is 0.491. The Kier molecular flexibility index (Phi) is 5.09. The van der Waals surface area contributed by atoms with Crippen molar-refractivity contribution in [1.29, 1.82) is 10.5 Å². The molecule has 0 heterocycles. The number of anilines is 1. The molecule has 7 heteroatoms. The molecule has 0 fully saturated rings. The fourth-order valence-electron chi connectivity index (χ4n) is 1.44. The Labute approximate surface area is 124 Å². The van der Waals surface area contributed by atoms with Crippen LogP contribution in [0.2, 0.25) is 0 Å². The van der Waals surface area contributed by atoms with Crippen LogP contribution < -0.4 is 10.0 Å². The van der Waals surface area contributed by atoms with Crippen LogP contribution in [0.25, 0.3) is 0 Å². The van der Waals surface area contributed by atoms with E-state index in [0.29, 0.717) is 5.69 Å². The second-order valence-electron chi connectivity index (χ2n) is 5.31. The SMILES string of the molecule is CC(C)(C)NS(=O)(=O)c1ccc(NC=C(C#N)C#N)cc1. The highest BCUT2D eigenvalue weighted by molar-refractivity contribution is 7.89. The first-order chi connectivity index (χ1) is 9.68. The molecule has 1 aromatic carbocycles. The summed E-state index contributed by atoms with van der Waals surface area (Å²) in [6, 6.07) is 9.44. The average molecular weight is 304 g/mol. The number of rotatable bonds is 4. The Morgan fingerprint density at radius 3 is 2.10 bits per heavy atom. The van der Waals surface area contributed by atoms with E-state index < -0.39 is 15.6 Å². The molecular formula is C14H16N4O2S. The van der Waals surface area contributed by atoms with Crippen molar-refractivity contribution in [3.05, 3.63) is 36.0 Å². The van der Waals surface area contributed by atoms with E-state index >= 15 is 0 Å². The van der Waals surface area contributed by atoms with Crippen LogP contribution in [0.5, 0.6) is 0 Å². The molecule has 110 valence electrons. The number of hydrogen-bond acceptors (Lipinski definition) is 5. The van der Waals surface area contributed by atoms with Crippen molar-refractivity contribution < 1.29 is 8.42 Å². The maximum atomic E-state index is 12.1. The monoisotopic (exact) mass is 304 g/mol. The number of benzene rings is 1. The molecule has 0 saturated heterocycles. The molecular weight excluding hydrogens is 288 g/mol. The van der Waals surface area contributed by atoms with Crippen LogP contribution in [-0.2, 0) is 10.0 Å². The zero-order valence-electron chi connectivity index (χ0n) is 12.0. The van der Waals surface area contributed by atoms with E-state index in [9.17, 15) is 8.42 Å². The normalized spacial score (nSPS) is 11.1. The number of nitrogens with zero attached hydrogens (tertiary/aromatic N) is 2. The third kappa shape index (κ3) is 5.27. The van der Waals surface area contributed by atoms with E-state index in [1.54, 1.807) is 45.0 Å². The Morgan fingerprint density at radius 1 is 1.14 bits per heavy atom. The molecule has 1 rings (SSSR count). The lowest BCUT2D eigenvalue weighted by Gasteiger charge is -2.20. The quantitative estimate of drug-likeness (QED) is 0.829. The summed E-state index contributed by atoms with van der Waals surface area (Å²) in [4.78, 5) is 0.146. The van der Waals surface area contributed by atoms with Gasteiger partial charge in [-0.25, -0.2) is 13.1 Å². The minimum Gasteiger partial charge on any atom is -0.360 e. The molecule has 0 aliphatic rings. The van der Waals surface area contributed by atoms with Crippen molar-refractivity contribution in [2.24, 2.45) is 0 Å². The van der Waals surface area contributed by atoms with E-state index in [2.05, 4.69) is 10.0 Å². The van der Waals surface area contributed by atoms with Gasteiger partial charge in [0.1, 0.15) is 17.7 Å². The Morgan fingerprint density at radius 2 is 1.67 bits per heavy atom. The second-order valence-corrected chi connectivity index (χ2v) is 6.99. The summed E-state index contributed by atoms with van der Waals surface area (Å²) in [5, 5.41) is 19.9. The number of nitrogens with one attached hydrogen (secondary N) is 2. The molecule has 0 amide bonds. The van der Waals surface area contributed by atoms with Gasteiger partial charge in [-0.3, -0.25) is 0 Å². The third-order valence-electron chi connectivity index (χ3n) is 2.23. The maximum absolute atomic E-state index is 12.1. The van der Waals surface area contributed by atoms with Gasteiger partial charge in [0, 0.05) is 17.4 Å². The first-order valence-electron chi connectivity index (χ1n) is 6.09. The molecule has 0 unspecified atom stereocenters. The minimum atomic E-state index is -3.57. The molecule has 21 heavy (non-hydrogen) atoms. The summed E-state index contributed by atoms with van der Waals surface area (Å²) in [5.41, 5.74) is -0.0544. The molecule has 0 aromatic heterocycles. The Bertz CT molecular complexity index is 698. The predicted molar refractivity (Wildman–Crippen MR) is 79.4 cm³/mol. The van der Waals surface area contributed by atoms with Crippen LogP contribution in [-0.4, -0.2) is 14.0 Å². The van der Waals surface area contributed by atoms with Crippen LogP contribution in [0.1, 0.15) is 20.8 Å². The summed E-state index contributed by atoms with van der Waals surface area (Å²) < 4.78 is 26.7. The van der Waals surface area contributed by atoms with Crippen molar-refractivity contribution in [3.63, 3.8) is 0 Å². The van der Waals surface area contributed by atoms with Gasteiger partial charge in [0.05, 0.1) is 4.90 Å². The lowest BCUT2D eigenvalue weighted by atomic mass is 10.1. The number of sulfonamides is 1. The third-order valence-corrected chi connectivity index (χ3v) is 4.00. The molecule has 0 aliphatic heterocycles. The Hall–Kier alpha value is -2.35. The molecule has 0 radical (unpaired) electrons. The highest BCUT2D eigenvalue weighted by Crippen LogP contribution is 2.16. The zero-order valence-corrected chi connectivity index (χ0v) is 12.8. The first-order valence-corrected chi connectivity index (χ1v) is 7.57. The fraction of sp³-hybridized carbons (Fsp3) is 0.286. The Balaban J connectivity index is 2.92. The van der Waals surface area contributed by atoms with Crippen LogP contribution in [0, 0.1) is 22.7 Å². The summed E-state index contributed by atoms with van der Waals surface area (Å²) >= 11 is 0. The van der Waals surface area contributed by atoms with Crippen LogP contribution in [0.3, 0.4) is 0 Å². The summed E-state index contributed by atoms with van der Waals surface area (Å²) in [6.07, 6.45) is 1.26. The van der Waals surface area contributed by atoms with Crippen molar-refractivity contribution >= 4 is 15.7 Å². The van der Waals surface area contributed by atoms with Crippen LogP contribution >= 0.6 is 0 Å². The maximum Gasteiger partial charge on any atom is 0.241 e. The molecule has 0 bridgehead atoms. The van der Waals surface area contributed by atoms with Gasteiger partial charge in [-0.05, 0) is 45.0 Å². The van der Waals surface area contributed by atoms with Gasteiger partial charge >= 0.3 is 0 Å². The van der Waals surface area contributed by atoms with Gasteiger partial charge in [-0.1, -0.05) is 0 Å². The molecule has 0 saturated carbocycles. The highest BCUT2D eigenvalue weighted by atomic mass is 32.2. The molecule has 1 aromatic rings. The zero-order chi connectivity index (χ0) is 16.1. The van der Waals surface area contributed by atoms with Gasteiger partial charge in [0.15, 0.2) is 0 Å². The van der Waals surface area contributed by atoms with Gasteiger partial charge < -0.3 is 5.32 Å². The van der Waals surface area contributed by atoms with Gasteiger partial charge in [0.2, 0.25) is 10.0 Å². The van der Waals surface area contributed by atoms with Crippen molar-refractivity contribution in [2.45, 2.75) is 31.2 Å². The largest absolute Gasteiger partial charge is 0.360 e. The summed E-state index contributed by atoms with van der Waals surface area (Å²) in [7, 11) is -3.57. The molecule has 0 spiro atoms. The minimum absolute atomic E-state index is 0.0684. The van der Waals surface area contributed by atoms with Gasteiger partial charge in [0.25, 0.3) is 0 Å². The van der Waals surface area contributed by atoms with Crippen LogP contribution in [0.4, 0.5) is 5.69 Å². The number of allylic oxidation sites excluding steroid dienone is 1. The standard InChI is InChI=1S/C14H16N4O2S/c1-14(2,3)18-21(19,20)13-6-4-12(5-7-13)17-10-11(8-15)9-16/h4-7,10,17-18H,1-3H3. The van der Waals surface area contributed by atoms with E-state index in [1.165, 1.54) is 18.3 Å². The van der Waals surface area contributed by atoms with Crippen molar-refractivity contribution in [1.82, 2.24) is 4.72 Å². The first kappa shape index (κ1) is 16.7. The van der Waals surface area contributed by atoms with E-state index in [0.717, 1.165) is 0 Å². The number of nitriles is 2. The molecule has 0 atom stereocenters. The van der Waals surface area contributed by atoms with E-state index in [4.69, 9.17) is 10.5 Å². The average Bonchev–Trinajstić information content (AvgIpc) is 2.38. The fourth-order valence-corrected chi connectivity index (χ4v) is 2.86. The second kappa shape index (κ2) is 6.40. The van der Waals surface area contributed by atoms with Gasteiger partial charge in [-0.2, -0.15) is 10.5 Å². The molecule has 2 N–H and O–H groups in total. The smallest absolute Gasteiger partial charge is 0.241 e. The summed E-state index contributed by atoms with van der Waals surface area (Å²) in [5.74, 6) is 0. The van der Waals surface area contributed by atoms with Crippen molar-refractivity contribution in [2.75, 3.05) is 5.32 Å². The lowest BCUT2D eigenvalue weighted by Crippen LogP contribution is -2.40.